The van der Waals surface area contributed by atoms with Crippen LogP contribution in [0, 0.1) is 5.92 Å². The summed E-state index contributed by atoms with van der Waals surface area (Å²) in [5, 5.41) is 2.82. The molecule has 142 valence electrons. The van der Waals surface area contributed by atoms with Crippen LogP contribution in [0.4, 0.5) is 24.7 Å². The van der Waals surface area contributed by atoms with Gasteiger partial charge in [-0.2, -0.15) is 13.2 Å². The second kappa shape index (κ2) is 6.87. The molecular formula is C20H20F3N3O. The third-order valence-electron chi connectivity index (χ3n) is 5.21. The van der Waals surface area contributed by atoms with Crippen LogP contribution in [0.5, 0.6) is 0 Å². The fraction of sp³-hybridized carbons (Fsp3) is 0.400. The Morgan fingerprint density at radius 2 is 1.93 bits per heavy atom. The van der Waals surface area contributed by atoms with E-state index in [2.05, 4.69) is 15.2 Å². The van der Waals surface area contributed by atoms with Crippen molar-refractivity contribution in [1.82, 2.24) is 4.98 Å². The zero-order valence-corrected chi connectivity index (χ0v) is 14.7. The van der Waals surface area contributed by atoms with Gasteiger partial charge in [-0.1, -0.05) is 18.2 Å². The van der Waals surface area contributed by atoms with Crippen LogP contribution in [-0.4, -0.2) is 24.0 Å². The molecule has 1 aromatic heterocycles. The first-order valence-corrected chi connectivity index (χ1v) is 9.11. The predicted molar refractivity (Wildman–Crippen MR) is 96.6 cm³/mol. The number of alkyl halides is 3. The van der Waals surface area contributed by atoms with Gasteiger partial charge in [0, 0.05) is 19.0 Å². The van der Waals surface area contributed by atoms with Crippen LogP contribution in [0.25, 0.3) is 0 Å². The van der Waals surface area contributed by atoms with Gasteiger partial charge in [0.15, 0.2) is 0 Å². The quantitative estimate of drug-likeness (QED) is 0.859. The van der Waals surface area contributed by atoms with E-state index in [1.54, 1.807) is 12.3 Å². The Kier molecular flexibility index (Phi) is 4.53. The van der Waals surface area contributed by atoms with Crippen LogP contribution in [0.2, 0.25) is 0 Å². The smallest absolute Gasteiger partial charge is 0.357 e. The number of hydrogen-bond donors (Lipinski definition) is 1. The Balaban J connectivity index is 1.37. The number of carbonyl (C=O) groups excluding carboxylic acids is 1. The van der Waals surface area contributed by atoms with Crippen molar-refractivity contribution in [2.75, 3.05) is 23.3 Å². The number of halogens is 3. The first-order valence-electron chi connectivity index (χ1n) is 9.11. The number of rotatable bonds is 4. The van der Waals surface area contributed by atoms with Gasteiger partial charge in [0.25, 0.3) is 0 Å². The van der Waals surface area contributed by atoms with Crippen molar-refractivity contribution < 1.29 is 18.0 Å². The highest BCUT2D eigenvalue weighted by molar-refractivity contribution is 5.95. The average Bonchev–Trinajstić information content (AvgIpc) is 3.27. The molecule has 0 radical (unpaired) electrons. The van der Waals surface area contributed by atoms with E-state index in [-0.39, 0.29) is 17.7 Å². The van der Waals surface area contributed by atoms with Crippen LogP contribution >= 0.6 is 0 Å². The highest BCUT2D eigenvalue weighted by Gasteiger charge is 2.44. The summed E-state index contributed by atoms with van der Waals surface area (Å²) >= 11 is 0. The van der Waals surface area contributed by atoms with Gasteiger partial charge in [-0.05, 0) is 48.9 Å². The third kappa shape index (κ3) is 3.91. The highest BCUT2D eigenvalue weighted by Crippen LogP contribution is 2.48. The fourth-order valence-electron chi connectivity index (χ4n) is 3.63. The molecule has 1 aromatic carbocycles. The van der Waals surface area contributed by atoms with Crippen molar-refractivity contribution in [3.05, 3.63) is 53.7 Å². The van der Waals surface area contributed by atoms with Crippen LogP contribution < -0.4 is 10.2 Å². The average molecular weight is 375 g/mol. The number of aromatic nitrogens is 1. The van der Waals surface area contributed by atoms with Crippen molar-refractivity contribution in [1.29, 1.82) is 0 Å². The van der Waals surface area contributed by atoms with Gasteiger partial charge in [0.2, 0.25) is 5.91 Å². The molecule has 1 aliphatic heterocycles. The molecule has 1 saturated carbocycles. The number of benzene rings is 1. The topological polar surface area (TPSA) is 45.2 Å². The summed E-state index contributed by atoms with van der Waals surface area (Å²) in [5.41, 5.74) is 0.498. The fourth-order valence-corrected chi connectivity index (χ4v) is 3.63. The van der Waals surface area contributed by atoms with E-state index in [0.29, 0.717) is 17.7 Å². The lowest BCUT2D eigenvalue weighted by Crippen LogP contribution is -2.19. The van der Waals surface area contributed by atoms with E-state index < -0.39 is 11.7 Å². The zero-order valence-electron chi connectivity index (χ0n) is 14.7. The summed E-state index contributed by atoms with van der Waals surface area (Å²) in [6.07, 6.45) is 0.155. The van der Waals surface area contributed by atoms with Crippen LogP contribution in [0.15, 0.2) is 42.6 Å². The number of nitrogens with one attached hydrogen (secondary N) is 1. The number of carbonyl (C=O) groups is 1. The third-order valence-corrected chi connectivity index (χ3v) is 5.21. The minimum atomic E-state index is -4.37. The van der Waals surface area contributed by atoms with E-state index in [9.17, 15) is 18.0 Å². The molecule has 1 saturated heterocycles. The first-order chi connectivity index (χ1) is 12.9. The van der Waals surface area contributed by atoms with Gasteiger partial charge in [0.05, 0.1) is 17.4 Å². The van der Waals surface area contributed by atoms with E-state index in [1.165, 1.54) is 18.9 Å². The zero-order chi connectivity index (χ0) is 19.0. The second-order valence-electron chi connectivity index (χ2n) is 7.16. The lowest BCUT2D eigenvalue weighted by molar-refractivity contribution is -0.137. The van der Waals surface area contributed by atoms with Crippen molar-refractivity contribution in [3.63, 3.8) is 0 Å². The van der Waals surface area contributed by atoms with Gasteiger partial charge in [0.1, 0.15) is 5.82 Å². The minimum Gasteiger partial charge on any atom is -0.357 e. The first kappa shape index (κ1) is 17.8. The molecule has 1 N–H and O–H groups in total. The number of amides is 1. The monoisotopic (exact) mass is 375 g/mol. The Labute approximate surface area is 155 Å². The molecular weight excluding hydrogens is 355 g/mol. The maximum Gasteiger partial charge on any atom is 0.416 e. The SMILES string of the molecule is O=C(Nc1ccc(N2CCCC2)nc1)[C@H]1C[C@@H]1c1cccc(C(F)(F)F)c1. The van der Waals surface area contributed by atoms with E-state index in [1.807, 2.05) is 12.1 Å². The van der Waals surface area contributed by atoms with E-state index in [0.717, 1.165) is 31.0 Å². The molecule has 1 aliphatic carbocycles. The summed E-state index contributed by atoms with van der Waals surface area (Å²) in [6, 6.07) is 8.95. The molecule has 2 fully saturated rings. The summed E-state index contributed by atoms with van der Waals surface area (Å²) in [6.45, 7) is 2.00. The maximum atomic E-state index is 12.8. The van der Waals surface area contributed by atoms with Crippen molar-refractivity contribution in [3.8, 4) is 0 Å². The molecule has 0 unspecified atom stereocenters. The molecule has 2 heterocycles. The number of pyridine rings is 1. The van der Waals surface area contributed by atoms with Crippen LogP contribution in [0.3, 0.4) is 0 Å². The second-order valence-corrected chi connectivity index (χ2v) is 7.16. The van der Waals surface area contributed by atoms with Gasteiger partial charge in [-0.3, -0.25) is 4.79 Å². The Morgan fingerprint density at radius 1 is 1.15 bits per heavy atom. The van der Waals surface area contributed by atoms with Crippen molar-refractivity contribution in [2.45, 2.75) is 31.4 Å². The van der Waals surface area contributed by atoms with Crippen molar-refractivity contribution >= 4 is 17.4 Å². The van der Waals surface area contributed by atoms with Crippen LogP contribution in [-0.2, 0) is 11.0 Å². The maximum absolute atomic E-state index is 12.8. The van der Waals surface area contributed by atoms with Gasteiger partial charge in [-0.15, -0.1) is 0 Å². The van der Waals surface area contributed by atoms with E-state index >= 15 is 0 Å². The van der Waals surface area contributed by atoms with Crippen molar-refractivity contribution in [2.24, 2.45) is 5.92 Å². The normalized spacial score (nSPS) is 22.0. The van der Waals surface area contributed by atoms with Gasteiger partial charge >= 0.3 is 6.18 Å². The molecule has 1 amide bonds. The molecule has 4 rings (SSSR count). The van der Waals surface area contributed by atoms with Gasteiger partial charge in [-0.25, -0.2) is 4.98 Å². The number of nitrogens with zero attached hydrogens (tertiary/aromatic N) is 2. The Hall–Kier alpha value is -2.57. The van der Waals surface area contributed by atoms with Gasteiger partial charge < -0.3 is 10.2 Å². The largest absolute Gasteiger partial charge is 0.416 e. The lowest BCUT2D eigenvalue weighted by atomic mass is 10.1. The summed E-state index contributed by atoms with van der Waals surface area (Å²) in [7, 11) is 0. The van der Waals surface area contributed by atoms with E-state index in [4.69, 9.17) is 0 Å². The Bertz CT molecular complexity index is 829. The Morgan fingerprint density at radius 3 is 2.59 bits per heavy atom. The highest BCUT2D eigenvalue weighted by atomic mass is 19.4. The number of hydrogen-bond acceptors (Lipinski definition) is 3. The summed E-state index contributed by atoms with van der Waals surface area (Å²) < 4.78 is 38.5. The molecule has 4 nitrogen and oxygen atoms in total. The molecule has 2 atom stereocenters. The number of anilines is 2. The molecule has 2 aromatic rings. The molecule has 0 spiro atoms. The summed E-state index contributed by atoms with van der Waals surface area (Å²) in [4.78, 5) is 19.0. The molecule has 27 heavy (non-hydrogen) atoms. The van der Waals surface area contributed by atoms with Crippen LogP contribution in [0.1, 0.15) is 36.3 Å². The molecule has 0 bridgehead atoms. The lowest BCUT2D eigenvalue weighted by Gasteiger charge is -2.16. The molecule has 7 heteroatoms. The minimum absolute atomic E-state index is 0.163. The summed E-state index contributed by atoms with van der Waals surface area (Å²) in [5.74, 6) is 0.266. The molecule has 2 aliphatic rings. The standard InChI is InChI=1S/C20H20F3N3O/c21-20(22,23)14-5-3-4-13(10-14)16-11-17(16)19(27)25-15-6-7-18(24-12-15)26-8-1-2-9-26/h3-7,10,12,16-17H,1-2,8-9,11H2,(H,25,27)/t16-,17+/m1/s1. The predicted octanol–water partition coefficient (Wildman–Crippen LogP) is 4.44.